The predicted molar refractivity (Wildman–Crippen MR) is 51.8 cm³/mol. The van der Waals surface area contributed by atoms with Crippen LogP contribution in [0.3, 0.4) is 0 Å². The molecule has 82 valence electrons. The third kappa shape index (κ3) is 4.43. The molecule has 0 atom stereocenters. The molecule has 1 N–H and O–H groups in total. The second-order valence-corrected chi connectivity index (χ2v) is 4.23. The summed E-state index contributed by atoms with van der Waals surface area (Å²) in [4.78, 5) is 16.2. The maximum Gasteiger partial charge on any atom is 0.528 e. The van der Waals surface area contributed by atoms with E-state index in [9.17, 15) is 4.79 Å². The van der Waals surface area contributed by atoms with Crippen molar-refractivity contribution in [3.05, 3.63) is 0 Å². The summed E-state index contributed by atoms with van der Waals surface area (Å²) in [6.45, 7) is 8.52. The van der Waals surface area contributed by atoms with Crippen LogP contribution in [0.25, 0.3) is 0 Å². The van der Waals surface area contributed by atoms with Crippen LogP contribution in [0.1, 0.15) is 20.8 Å². The highest BCUT2D eigenvalue weighted by Crippen LogP contribution is 2.09. The first kappa shape index (κ1) is 11.3. The number of carbonyl (C=O) groups is 1. The topological polar surface area (TPSA) is 50.8 Å². The van der Waals surface area contributed by atoms with Crippen molar-refractivity contribution in [1.29, 1.82) is 0 Å². The smallest absolute Gasteiger partial charge is 0.427 e. The monoisotopic (exact) mass is 202 g/mol. The highest BCUT2D eigenvalue weighted by Gasteiger charge is 2.21. The average molecular weight is 202 g/mol. The molecule has 0 aliphatic carbocycles. The van der Waals surface area contributed by atoms with Crippen molar-refractivity contribution in [2.45, 2.75) is 26.4 Å². The Morgan fingerprint density at radius 2 is 1.86 bits per heavy atom. The van der Waals surface area contributed by atoms with Gasteiger partial charge in [0.2, 0.25) is 0 Å². The summed E-state index contributed by atoms with van der Waals surface area (Å²) in [5.41, 5.74) is -0.495. The van der Waals surface area contributed by atoms with E-state index in [2.05, 4.69) is 5.32 Å². The Morgan fingerprint density at radius 3 is 2.36 bits per heavy atom. The summed E-state index contributed by atoms with van der Waals surface area (Å²) in [6.07, 6.45) is -0.626. The maximum absolute atomic E-state index is 11.2. The molecular formula is C9H18N2O3. The van der Waals surface area contributed by atoms with Gasteiger partial charge in [0.1, 0.15) is 5.60 Å². The van der Waals surface area contributed by atoms with Gasteiger partial charge in [0, 0.05) is 26.2 Å². The Labute approximate surface area is 84.3 Å². The van der Waals surface area contributed by atoms with Crippen LogP contribution in [-0.4, -0.2) is 43.0 Å². The lowest BCUT2D eigenvalue weighted by Crippen LogP contribution is -2.44. The van der Waals surface area contributed by atoms with E-state index in [1.807, 2.05) is 20.8 Å². The van der Waals surface area contributed by atoms with Gasteiger partial charge in [-0.15, -0.1) is 5.06 Å². The summed E-state index contributed by atoms with van der Waals surface area (Å²) in [5.74, 6) is 0. The molecule has 5 nitrogen and oxygen atoms in total. The standard InChI is InChI=1S/C9H18N2O3/c1-9(2,3)13-8(12)14-11-6-4-10-5-7-11/h10H,4-7H2,1-3H3. The molecule has 0 aromatic carbocycles. The Morgan fingerprint density at radius 1 is 1.29 bits per heavy atom. The average Bonchev–Trinajstić information content (AvgIpc) is 2.02. The van der Waals surface area contributed by atoms with Gasteiger partial charge < -0.3 is 14.9 Å². The zero-order valence-corrected chi connectivity index (χ0v) is 9.00. The van der Waals surface area contributed by atoms with Crippen LogP contribution >= 0.6 is 0 Å². The molecule has 0 radical (unpaired) electrons. The van der Waals surface area contributed by atoms with E-state index in [1.54, 1.807) is 5.06 Å². The fourth-order valence-electron chi connectivity index (χ4n) is 1.11. The molecule has 0 unspecified atom stereocenters. The first-order valence-electron chi connectivity index (χ1n) is 4.84. The third-order valence-corrected chi connectivity index (χ3v) is 1.67. The number of carbonyl (C=O) groups excluding carboxylic acids is 1. The number of nitrogens with zero attached hydrogens (tertiary/aromatic N) is 1. The summed E-state index contributed by atoms with van der Waals surface area (Å²) in [6, 6.07) is 0. The minimum absolute atomic E-state index is 0.495. The molecule has 0 amide bonds. The number of hydrogen-bond acceptors (Lipinski definition) is 5. The van der Waals surface area contributed by atoms with Crippen molar-refractivity contribution < 1.29 is 14.4 Å². The van der Waals surface area contributed by atoms with Crippen molar-refractivity contribution in [2.24, 2.45) is 0 Å². The molecule has 0 aromatic heterocycles. The summed E-state index contributed by atoms with van der Waals surface area (Å²) >= 11 is 0. The van der Waals surface area contributed by atoms with E-state index in [0.29, 0.717) is 13.1 Å². The second kappa shape index (κ2) is 4.61. The Balaban J connectivity index is 2.25. The largest absolute Gasteiger partial charge is 0.528 e. The summed E-state index contributed by atoms with van der Waals surface area (Å²) < 4.78 is 5.02. The van der Waals surface area contributed by atoms with E-state index >= 15 is 0 Å². The van der Waals surface area contributed by atoms with Gasteiger partial charge in [-0.2, -0.15) is 0 Å². The molecule has 0 saturated carbocycles. The van der Waals surface area contributed by atoms with Gasteiger partial charge in [0.15, 0.2) is 0 Å². The van der Waals surface area contributed by atoms with Crippen molar-refractivity contribution in [2.75, 3.05) is 26.2 Å². The molecule has 1 aliphatic heterocycles. The molecular weight excluding hydrogens is 184 g/mol. The van der Waals surface area contributed by atoms with Crippen LogP contribution < -0.4 is 5.32 Å². The fourth-order valence-corrected chi connectivity index (χ4v) is 1.11. The van der Waals surface area contributed by atoms with Crippen LogP contribution in [-0.2, 0) is 9.57 Å². The lowest BCUT2D eigenvalue weighted by molar-refractivity contribution is -0.147. The number of ether oxygens (including phenoxy) is 1. The van der Waals surface area contributed by atoms with Gasteiger partial charge in [0.05, 0.1) is 0 Å². The number of nitrogens with one attached hydrogen (secondary N) is 1. The maximum atomic E-state index is 11.2. The molecule has 0 aromatic rings. The molecule has 1 fully saturated rings. The molecule has 1 aliphatic rings. The summed E-state index contributed by atoms with van der Waals surface area (Å²) in [7, 11) is 0. The third-order valence-electron chi connectivity index (χ3n) is 1.67. The quantitative estimate of drug-likeness (QED) is 0.636. The van der Waals surface area contributed by atoms with Gasteiger partial charge in [0.25, 0.3) is 0 Å². The predicted octanol–water partition coefficient (Wildman–Crippen LogP) is 0.758. The number of hydrogen-bond donors (Lipinski definition) is 1. The van der Waals surface area contributed by atoms with Gasteiger partial charge in [-0.3, -0.25) is 0 Å². The van der Waals surface area contributed by atoms with E-state index < -0.39 is 11.8 Å². The molecule has 14 heavy (non-hydrogen) atoms. The first-order chi connectivity index (χ1) is 6.47. The van der Waals surface area contributed by atoms with E-state index in [4.69, 9.17) is 9.57 Å². The van der Waals surface area contributed by atoms with Crippen LogP contribution in [0.15, 0.2) is 0 Å². The van der Waals surface area contributed by atoms with E-state index in [1.165, 1.54) is 0 Å². The van der Waals surface area contributed by atoms with E-state index in [-0.39, 0.29) is 0 Å². The lowest BCUT2D eigenvalue weighted by Gasteiger charge is -2.27. The zero-order chi connectivity index (χ0) is 10.6. The molecule has 1 heterocycles. The second-order valence-electron chi connectivity index (χ2n) is 4.23. The Hall–Kier alpha value is -0.810. The molecule has 0 bridgehead atoms. The van der Waals surface area contributed by atoms with Crippen LogP contribution in [0.2, 0.25) is 0 Å². The zero-order valence-electron chi connectivity index (χ0n) is 9.00. The SMILES string of the molecule is CC(C)(C)OC(=O)ON1CCNCC1. The Kier molecular flexibility index (Phi) is 3.71. The molecule has 1 rings (SSSR count). The van der Waals surface area contributed by atoms with Crippen molar-refractivity contribution >= 4 is 6.16 Å². The van der Waals surface area contributed by atoms with Crippen molar-refractivity contribution in [3.8, 4) is 0 Å². The fraction of sp³-hybridized carbons (Fsp3) is 0.889. The van der Waals surface area contributed by atoms with Gasteiger partial charge in [-0.1, -0.05) is 0 Å². The van der Waals surface area contributed by atoms with Crippen LogP contribution in [0, 0.1) is 0 Å². The highest BCUT2D eigenvalue weighted by molar-refractivity contribution is 5.60. The van der Waals surface area contributed by atoms with Crippen LogP contribution in [0.5, 0.6) is 0 Å². The van der Waals surface area contributed by atoms with Gasteiger partial charge in [-0.05, 0) is 20.8 Å². The van der Waals surface area contributed by atoms with Crippen molar-refractivity contribution in [1.82, 2.24) is 10.4 Å². The normalized spacial score (nSPS) is 19.1. The number of piperazine rings is 1. The van der Waals surface area contributed by atoms with E-state index in [0.717, 1.165) is 13.1 Å². The first-order valence-corrected chi connectivity index (χ1v) is 4.84. The van der Waals surface area contributed by atoms with Crippen LogP contribution in [0.4, 0.5) is 4.79 Å². The van der Waals surface area contributed by atoms with Gasteiger partial charge in [-0.25, -0.2) is 4.79 Å². The highest BCUT2D eigenvalue weighted by atomic mass is 16.8. The minimum atomic E-state index is -0.626. The number of rotatable bonds is 1. The molecule has 0 spiro atoms. The number of hydroxylamine groups is 2. The minimum Gasteiger partial charge on any atom is -0.427 e. The Bertz CT molecular complexity index is 195. The van der Waals surface area contributed by atoms with Gasteiger partial charge >= 0.3 is 6.16 Å². The summed E-state index contributed by atoms with van der Waals surface area (Å²) in [5, 5.41) is 4.78. The molecule has 5 heteroatoms. The lowest BCUT2D eigenvalue weighted by atomic mass is 10.2. The molecule has 1 saturated heterocycles. The van der Waals surface area contributed by atoms with Crippen molar-refractivity contribution in [3.63, 3.8) is 0 Å².